The van der Waals surface area contributed by atoms with Gasteiger partial charge in [0.15, 0.2) is 0 Å². The Labute approximate surface area is 91.4 Å². The van der Waals surface area contributed by atoms with Crippen LogP contribution < -0.4 is 10.1 Å². The second kappa shape index (κ2) is 4.33. The lowest BCUT2D eigenvalue weighted by Crippen LogP contribution is -2.43. The fraction of sp³-hybridized carbons (Fsp3) is 0.455. The minimum absolute atomic E-state index is 0.164. The van der Waals surface area contributed by atoms with Crippen molar-refractivity contribution in [3.05, 3.63) is 29.8 Å². The molecule has 0 amide bonds. The van der Waals surface area contributed by atoms with Crippen molar-refractivity contribution >= 4 is 0 Å². The lowest BCUT2D eigenvalue weighted by molar-refractivity contribution is -0.274. The highest BCUT2D eigenvalue weighted by Gasteiger charge is 2.31. The fourth-order valence-electron chi connectivity index (χ4n) is 1.65. The third-order valence-electron chi connectivity index (χ3n) is 2.55. The first-order valence-corrected chi connectivity index (χ1v) is 5.08. The molecule has 1 aromatic rings. The van der Waals surface area contributed by atoms with E-state index in [0.29, 0.717) is 5.92 Å². The maximum atomic E-state index is 11.9. The lowest BCUT2D eigenvalue weighted by atomic mass is 9.94. The number of hydrogen-bond donors (Lipinski definition) is 1. The van der Waals surface area contributed by atoms with Gasteiger partial charge in [-0.2, -0.15) is 0 Å². The Kier molecular flexibility index (Phi) is 3.05. The molecule has 88 valence electrons. The van der Waals surface area contributed by atoms with Crippen molar-refractivity contribution in [3.8, 4) is 5.75 Å². The Morgan fingerprint density at radius 1 is 1.19 bits per heavy atom. The van der Waals surface area contributed by atoms with Gasteiger partial charge in [-0.3, -0.25) is 0 Å². The van der Waals surface area contributed by atoms with Gasteiger partial charge < -0.3 is 10.1 Å². The number of ether oxygens (including phenoxy) is 1. The van der Waals surface area contributed by atoms with Crippen LogP contribution in [-0.4, -0.2) is 19.5 Å². The zero-order valence-corrected chi connectivity index (χ0v) is 8.55. The molecule has 1 heterocycles. The Balaban J connectivity index is 1.93. The lowest BCUT2D eigenvalue weighted by Gasteiger charge is -2.27. The first-order chi connectivity index (χ1) is 7.53. The van der Waals surface area contributed by atoms with Gasteiger partial charge in [0, 0.05) is 0 Å². The molecule has 0 saturated carbocycles. The first-order valence-electron chi connectivity index (χ1n) is 5.08. The molecule has 16 heavy (non-hydrogen) atoms. The number of alkyl halides is 3. The quantitative estimate of drug-likeness (QED) is 0.862. The normalized spacial score (nSPS) is 16.9. The Hall–Kier alpha value is -1.23. The van der Waals surface area contributed by atoms with Crippen LogP contribution in [0.2, 0.25) is 0 Å². The molecule has 0 aliphatic carbocycles. The summed E-state index contributed by atoms with van der Waals surface area (Å²) in [6, 6.07) is 6.07. The summed E-state index contributed by atoms with van der Waals surface area (Å²) in [5.74, 6) is 0.442. The largest absolute Gasteiger partial charge is 0.573 e. The highest BCUT2D eigenvalue weighted by molar-refractivity contribution is 5.27. The van der Waals surface area contributed by atoms with Gasteiger partial charge >= 0.3 is 6.36 Å². The zero-order chi connectivity index (χ0) is 11.6. The van der Waals surface area contributed by atoms with Gasteiger partial charge in [-0.1, -0.05) is 12.1 Å². The van der Waals surface area contributed by atoms with E-state index < -0.39 is 6.36 Å². The molecule has 1 aromatic carbocycles. The summed E-state index contributed by atoms with van der Waals surface area (Å²) in [5.41, 5.74) is 1.04. The van der Waals surface area contributed by atoms with Crippen LogP contribution in [0.3, 0.4) is 0 Å². The summed E-state index contributed by atoms with van der Waals surface area (Å²) < 4.78 is 39.4. The number of nitrogens with one attached hydrogen (secondary N) is 1. The molecule has 0 aromatic heterocycles. The van der Waals surface area contributed by atoms with E-state index in [-0.39, 0.29) is 5.75 Å². The molecule has 2 rings (SSSR count). The number of benzene rings is 1. The van der Waals surface area contributed by atoms with Crippen molar-refractivity contribution < 1.29 is 17.9 Å². The van der Waals surface area contributed by atoms with Gasteiger partial charge in [-0.15, -0.1) is 13.2 Å². The molecule has 1 saturated heterocycles. The molecule has 0 unspecified atom stereocenters. The van der Waals surface area contributed by atoms with Crippen molar-refractivity contribution in [1.29, 1.82) is 0 Å². The average Bonchev–Trinajstić information content (AvgIpc) is 2.11. The van der Waals surface area contributed by atoms with Crippen LogP contribution in [-0.2, 0) is 6.42 Å². The Bertz CT molecular complexity index is 343. The van der Waals surface area contributed by atoms with Crippen LogP contribution in [0.4, 0.5) is 13.2 Å². The molecule has 1 N–H and O–H groups in total. The predicted molar refractivity (Wildman–Crippen MR) is 53.2 cm³/mol. The molecule has 0 atom stereocenters. The van der Waals surface area contributed by atoms with Crippen LogP contribution in [0, 0.1) is 5.92 Å². The molecule has 5 heteroatoms. The van der Waals surface area contributed by atoms with Crippen LogP contribution in [0.5, 0.6) is 5.75 Å². The first kappa shape index (κ1) is 11.3. The monoisotopic (exact) mass is 231 g/mol. The molecule has 0 bridgehead atoms. The van der Waals surface area contributed by atoms with Crippen molar-refractivity contribution in [3.63, 3.8) is 0 Å². The van der Waals surface area contributed by atoms with Crippen molar-refractivity contribution in [2.75, 3.05) is 13.1 Å². The summed E-state index contributed by atoms with van der Waals surface area (Å²) in [5, 5.41) is 3.15. The van der Waals surface area contributed by atoms with Gasteiger partial charge in [-0.05, 0) is 43.1 Å². The molecular formula is C11H12F3NO. The topological polar surface area (TPSA) is 21.3 Å². The van der Waals surface area contributed by atoms with Gasteiger partial charge in [0.05, 0.1) is 0 Å². The molecule has 1 aliphatic heterocycles. The molecule has 1 aliphatic rings. The third-order valence-corrected chi connectivity index (χ3v) is 2.55. The van der Waals surface area contributed by atoms with E-state index in [4.69, 9.17) is 0 Å². The smallest absolute Gasteiger partial charge is 0.406 e. The summed E-state index contributed by atoms with van der Waals surface area (Å²) in [6.07, 6.45) is -3.71. The van der Waals surface area contributed by atoms with Crippen LogP contribution in [0.1, 0.15) is 5.56 Å². The highest BCUT2D eigenvalue weighted by Crippen LogP contribution is 2.23. The van der Waals surface area contributed by atoms with Gasteiger partial charge in [0.1, 0.15) is 5.75 Å². The van der Waals surface area contributed by atoms with E-state index in [1.165, 1.54) is 12.1 Å². The minimum atomic E-state index is -4.61. The maximum Gasteiger partial charge on any atom is 0.573 e. The zero-order valence-electron chi connectivity index (χ0n) is 8.55. The van der Waals surface area contributed by atoms with Crippen LogP contribution in [0.15, 0.2) is 24.3 Å². The van der Waals surface area contributed by atoms with E-state index in [0.717, 1.165) is 25.1 Å². The Morgan fingerprint density at radius 3 is 2.25 bits per heavy atom. The van der Waals surface area contributed by atoms with E-state index in [9.17, 15) is 13.2 Å². The van der Waals surface area contributed by atoms with Gasteiger partial charge in [0.25, 0.3) is 0 Å². The molecule has 0 radical (unpaired) electrons. The standard InChI is InChI=1S/C11H12F3NO/c12-11(13,14)16-10-3-1-8(2-4-10)5-9-6-15-7-9/h1-4,9,15H,5-7H2. The highest BCUT2D eigenvalue weighted by atomic mass is 19.4. The second-order valence-corrected chi connectivity index (χ2v) is 3.92. The van der Waals surface area contributed by atoms with E-state index in [2.05, 4.69) is 10.1 Å². The van der Waals surface area contributed by atoms with E-state index in [1.54, 1.807) is 12.1 Å². The van der Waals surface area contributed by atoms with Crippen molar-refractivity contribution in [2.45, 2.75) is 12.8 Å². The maximum absolute atomic E-state index is 11.9. The fourth-order valence-corrected chi connectivity index (χ4v) is 1.65. The minimum Gasteiger partial charge on any atom is -0.406 e. The molecule has 2 nitrogen and oxygen atoms in total. The average molecular weight is 231 g/mol. The SMILES string of the molecule is FC(F)(F)Oc1ccc(CC2CNC2)cc1. The number of hydrogen-bond acceptors (Lipinski definition) is 2. The summed E-state index contributed by atoms with van der Waals surface area (Å²) in [6.45, 7) is 1.97. The number of rotatable bonds is 3. The van der Waals surface area contributed by atoms with E-state index in [1.807, 2.05) is 0 Å². The van der Waals surface area contributed by atoms with Crippen molar-refractivity contribution in [2.24, 2.45) is 5.92 Å². The Morgan fingerprint density at radius 2 is 1.81 bits per heavy atom. The van der Waals surface area contributed by atoms with Gasteiger partial charge in [0.2, 0.25) is 0 Å². The van der Waals surface area contributed by atoms with Crippen LogP contribution in [0.25, 0.3) is 0 Å². The van der Waals surface area contributed by atoms with Crippen molar-refractivity contribution in [1.82, 2.24) is 5.32 Å². The summed E-state index contributed by atoms with van der Waals surface area (Å²) >= 11 is 0. The predicted octanol–water partition coefficient (Wildman–Crippen LogP) is 2.35. The third kappa shape index (κ3) is 3.13. The molecule has 1 fully saturated rings. The van der Waals surface area contributed by atoms with Gasteiger partial charge in [-0.25, -0.2) is 0 Å². The van der Waals surface area contributed by atoms with Crippen LogP contribution >= 0.6 is 0 Å². The second-order valence-electron chi connectivity index (χ2n) is 3.92. The summed E-state index contributed by atoms with van der Waals surface area (Å²) in [4.78, 5) is 0. The summed E-state index contributed by atoms with van der Waals surface area (Å²) in [7, 11) is 0. The van der Waals surface area contributed by atoms with E-state index >= 15 is 0 Å². The number of halogens is 3. The molecule has 0 spiro atoms. The molecular weight excluding hydrogens is 219 g/mol.